The van der Waals surface area contributed by atoms with Crippen molar-refractivity contribution in [1.29, 1.82) is 0 Å². The lowest BCUT2D eigenvalue weighted by Gasteiger charge is -2.02. The summed E-state index contributed by atoms with van der Waals surface area (Å²) < 4.78 is 27.4. The minimum atomic E-state index is -3.96. The largest absolute Gasteiger partial charge is 0.477 e. The molecule has 0 aliphatic rings. The predicted octanol–water partition coefficient (Wildman–Crippen LogP) is -0.804. The molecular weight excluding hydrogens is 302 g/mol. The van der Waals surface area contributed by atoms with Crippen molar-refractivity contribution in [3.63, 3.8) is 0 Å². The van der Waals surface area contributed by atoms with E-state index in [2.05, 4.69) is 14.8 Å². The normalized spacial score (nSPS) is 11.2. The molecule has 0 unspecified atom stereocenters. The Kier molecular flexibility index (Phi) is 3.67. The molecule has 2 heterocycles. The molecule has 0 bridgehead atoms. The first kappa shape index (κ1) is 14.6. The molecule has 0 spiro atoms. The van der Waals surface area contributed by atoms with E-state index in [4.69, 9.17) is 10.8 Å². The number of nitrogens with one attached hydrogen (secondary N) is 2. The van der Waals surface area contributed by atoms with Crippen LogP contribution in [-0.2, 0) is 21.4 Å². The first-order valence-electron chi connectivity index (χ1n) is 5.53. The van der Waals surface area contributed by atoms with Gasteiger partial charge in [0, 0.05) is 12.4 Å². The van der Waals surface area contributed by atoms with E-state index in [9.17, 15) is 18.0 Å². The second kappa shape index (κ2) is 5.28. The number of nitrogens with two attached hydrogens (primary N) is 1. The van der Waals surface area contributed by atoms with Gasteiger partial charge in [0.2, 0.25) is 5.91 Å². The lowest BCUT2D eigenvalue weighted by atomic mass is 10.4. The second-order valence-corrected chi connectivity index (χ2v) is 5.74. The molecule has 0 aliphatic carbocycles. The maximum Gasteiger partial charge on any atom is 0.352 e. The molecular formula is C10H11N5O5S. The average Bonchev–Trinajstić information content (AvgIpc) is 2.97. The van der Waals surface area contributed by atoms with Crippen LogP contribution in [0.4, 0.5) is 5.69 Å². The van der Waals surface area contributed by atoms with Crippen LogP contribution in [0.1, 0.15) is 10.5 Å². The topological polar surface area (TPSA) is 160 Å². The third kappa shape index (κ3) is 3.39. The Bertz CT molecular complexity index is 790. The zero-order chi connectivity index (χ0) is 15.6. The SMILES string of the molecule is NC(=O)Cn1cc(NS(=O)(=O)c2c[nH]c(C(=O)O)c2)cn1. The van der Waals surface area contributed by atoms with Gasteiger partial charge in [-0.1, -0.05) is 0 Å². The number of primary amides is 1. The van der Waals surface area contributed by atoms with Crippen LogP contribution in [0.15, 0.2) is 29.6 Å². The molecule has 11 heteroatoms. The zero-order valence-electron chi connectivity index (χ0n) is 10.5. The van der Waals surface area contributed by atoms with Crippen molar-refractivity contribution in [1.82, 2.24) is 14.8 Å². The molecule has 2 rings (SSSR count). The summed E-state index contributed by atoms with van der Waals surface area (Å²) in [6.07, 6.45) is 3.54. The first-order chi connectivity index (χ1) is 9.78. The van der Waals surface area contributed by atoms with Gasteiger partial charge in [0.05, 0.1) is 11.9 Å². The molecule has 112 valence electrons. The van der Waals surface area contributed by atoms with Gasteiger partial charge < -0.3 is 15.8 Å². The van der Waals surface area contributed by atoms with E-state index >= 15 is 0 Å². The molecule has 10 nitrogen and oxygen atoms in total. The number of aromatic nitrogens is 3. The minimum absolute atomic E-state index is 0.120. The second-order valence-electron chi connectivity index (χ2n) is 4.05. The lowest BCUT2D eigenvalue weighted by molar-refractivity contribution is -0.118. The van der Waals surface area contributed by atoms with E-state index in [1.54, 1.807) is 0 Å². The summed E-state index contributed by atoms with van der Waals surface area (Å²) in [5.74, 6) is -1.89. The number of H-pyrrole nitrogens is 1. The third-order valence-corrected chi connectivity index (χ3v) is 3.76. The predicted molar refractivity (Wildman–Crippen MR) is 70.0 cm³/mol. The molecule has 2 aromatic heterocycles. The zero-order valence-corrected chi connectivity index (χ0v) is 11.3. The summed E-state index contributed by atoms with van der Waals surface area (Å²) in [6, 6.07) is 0.985. The number of carboxylic acid groups (broad SMARTS) is 1. The van der Waals surface area contributed by atoms with E-state index < -0.39 is 21.9 Å². The number of nitrogens with zero attached hydrogens (tertiary/aromatic N) is 2. The van der Waals surface area contributed by atoms with Gasteiger partial charge in [0.25, 0.3) is 10.0 Å². The molecule has 0 atom stereocenters. The molecule has 1 amide bonds. The van der Waals surface area contributed by atoms with E-state index in [1.807, 2.05) is 0 Å². The summed E-state index contributed by atoms with van der Waals surface area (Å²) in [5, 5.41) is 12.5. The molecule has 21 heavy (non-hydrogen) atoms. The highest BCUT2D eigenvalue weighted by Crippen LogP contribution is 2.16. The van der Waals surface area contributed by atoms with E-state index in [1.165, 1.54) is 17.1 Å². The molecule has 0 radical (unpaired) electrons. The molecule has 0 fully saturated rings. The lowest BCUT2D eigenvalue weighted by Crippen LogP contribution is -2.18. The van der Waals surface area contributed by atoms with Crippen LogP contribution < -0.4 is 10.5 Å². The van der Waals surface area contributed by atoms with Crippen molar-refractivity contribution in [2.24, 2.45) is 5.73 Å². The van der Waals surface area contributed by atoms with Crippen molar-refractivity contribution < 1.29 is 23.1 Å². The summed E-state index contributed by atoms with van der Waals surface area (Å²) in [4.78, 5) is 23.5. The Morgan fingerprint density at radius 3 is 2.76 bits per heavy atom. The van der Waals surface area contributed by atoms with Crippen molar-refractivity contribution in [3.8, 4) is 0 Å². The Hall–Kier alpha value is -2.82. The number of sulfonamides is 1. The number of carboxylic acids is 1. The third-order valence-electron chi connectivity index (χ3n) is 2.40. The van der Waals surface area contributed by atoms with E-state index in [0.29, 0.717) is 0 Å². The van der Waals surface area contributed by atoms with Crippen LogP contribution in [0, 0.1) is 0 Å². The number of rotatable bonds is 6. The van der Waals surface area contributed by atoms with Gasteiger partial charge in [-0.05, 0) is 6.07 Å². The van der Waals surface area contributed by atoms with Crippen molar-refractivity contribution in [3.05, 3.63) is 30.4 Å². The van der Waals surface area contributed by atoms with Gasteiger partial charge >= 0.3 is 5.97 Å². The highest BCUT2D eigenvalue weighted by molar-refractivity contribution is 7.92. The average molecular weight is 313 g/mol. The maximum absolute atomic E-state index is 12.0. The van der Waals surface area contributed by atoms with Gasteiger partial charge in [-0.25, -0.2) is 13.2 Å². The number of hydrogen-bond donors (Lipinski definition) is 4. The van der Waals surface area contributed by atoms with Gasteiger partial charge in [-0.15, -0.1) is 0 Å². The fourth-order valence-electron chi connectivity index (χ4n) is 1.53. The maximum atomic E-state index is 12.0. The van der Waals surface area contributed by atoms with E-state index in [0.717, 1.165) is 12.3 Å². The van der Waals surface area contributed by atoms with Crippen LogP contribution in [0.3, 0.4) is 0 Å². The Labute approximate surface area is 118 Å². The number of carbonyl (C=O) groups excluding carboxylic acids is 1. The van der Waals surface area contributed by atoms with Gasteiger partial charge in [0.1, 0.15) is 17.1 Å². The first-order valence-corrected chi connectivity index (χ1v) is 7.01. The number of amides is 1. The summed E-state index contributed by atoms with van der Waals surface area (Å²) in [7, 11) is -3.96. The fourth-order valence-corrected chi connectivity index (χ4v) is 2.55. The Morgan fingerprint density at radius 1 is 1.48 bits per heavy atom. The molecule has 2 aromatic rings. The van der Waals surface area contributed by atoms with Crippen LogP contribution in [0.5, 0.6) is 0 Å². The number of hydrogen-bond acceptors (Lipinski definition) is 5. The quantitative estimate of drug-likeness (QED) is 0.545. The summed E-state index contributed by atoms with van der Waals surface area (Å²) in [6.45, 7) is -0.185. The number of aromatic carboxylic acids is 1. The fraction of sp³-hybridized carbons (Fsp3) is 0.100. The van der Waals surface area contributed by atoms with Crippen molar-refractivity contribution in [2.45, 2.75) is 11.4 Å². The smallest absolute Gasteiger partial charge is 0.352 e. The van der Waals surface area contributed by atoms with Crippen LogP contribution >= 0.6 is 0 Å². The highest BCUT2D eigenvalue weighted by atomic mass is 32.2. The summed E-state index contributed by atoms with van der Waals surface area (Å²) in [5.41, 5.74) is 4.85. The van der Waals surface area contributed by atoms with Gasteiger partial charge in [-0.3, -0.25) is 14.2 Å². The number of anilines is 1. The Balaban J connectivity index is 2.18. The minimum Gasteiger partial charge on any atom is -0.477 e. The molecule has 0 aromatic carbocycles. The number of carbonyl (C=O) groups is 2. The molecule has 0 aliphatic heterocycles. The molecule has 0 saturated carbocycles. The highest BCUT2D eigenvalue weighted by Gasteiger charge is 2.19. The monoisotopic (exact) mass is 313 g/mol. The van der Waals surface area contributed by atoms with Crippen molar-refractivity contribution in [2.75, 3.05) is 4.72 Å². The standard InChI is InChI=1S/C10H11N5O5S/c11-9(16)5-15-4-6(2-13-15)14-21(19,20)7-1-8(10(17)18)12-3-7/h1-4,12,14H,5H2,(H2,11,16)(H,17,18). The van der Waals surface area contributed by atoms with E-state index in [-0.39, 0.29) is 22.8 Å². The number of aromatic amines is 1. The summed E-state index contributed by atoms with van der Waals surface area (Å²) >= 11 is 0. The van der Waals surface area contributed by atoms with Crippen molar-refractivity contribution >= 4 is 27.6 Å². The molecule has 5 N–H and O–H groups in total. The Morgan fingerprint density at radius 2 is 2.19 bits per heavy atom. The van der Waals surface area contributed by atoms with Crippen LogP contribution in [0.2, 0.25) is 0 Å². The van der Waals surface area contributed by atoms with Crippen LogP contribution in [0.25, 0.3) is 0 Å². The molecule has 0 saturated heterocycles. The van der Waals surface area contributed by atoms with Gasteiger partial charge in [-0.2, -0.15) is 5.10 Å². The van der Waals surface area contributed by atoms with Gasteiger partial charge in [0.15, 0.2) is 0 Å². The van der Waals surface area contributed by atoms with Crippen LogP contribution in [-0.4, -0.2) is 40.2 Å².